The molecular formula is C14H19N5. The van der Waals surface area contributed by atoms with Gasteiger partial charge in [0.15, 0.2) is 0 Å². The Morgan fingerprint density at radius 2 is 2.11 bits per heavy atom. The highest BCUT2D eigenvalue weighted by molar-refractivity contribution is 5.46. The van der Waals surface area contributed by atoms with Crippen molar-refractivity contribution in [1.82, 2.24) is 15.0 Å². The standard InChI is InChI=1S/C14H19N5/c1-3-16-14-18-9-11(2)13(19-14)17-8-6-12-5-4-7-15-10-12/h4-5,7,9-10H,3,6,8H2,1-2H3,(H2,16,17,18,19). The quantitative estimate of drug-likeness (QED) is 0.831. The van der Waals surface area contributed by atoms with Gasteiger partial charge >= 0.3 is 0 Å². The summed E-state index contributed by atoms with van der Waals surface area (Å²) in [6, 6.07) is 4.03. The first-order valence-corrected chi connectivity index (χ1v) is 6.50. The number of aromatic nitrogens is 3. The van der Waals surface area contributed by atoms with Crippen LogP contribution in [0.25, 0.3) is 0 Å². The van der Waals surface area contributed by atoms with Crippen LogP contribution < -0.4 is 10.6 Å². The first-order chi connectivity index (χ1) is 9.29. The Balaban J connectivity index is 1.93. The summed E-state index contributed by atoms with van der Waals surface area (Å²) in [5, 5.41) is 6.45. The van der Waals surface area contributed by atoms with E-state index in [4.69, 9.17) is 0 Å². The van der Waals surface area contributed by atoms with Crippen LogP contribution in [-0.2, 0) is 6.42 Å². The van der Waals surface area contributed by atoms with Crippen molar-refractivity contribution in [2.24, 2.45) is 0 Å². The summed E-state index contributed by atoms with van der Waals surface area (Å²) in [4.78, 5) is 12.8. The molecule has 100 valence electrons. The largest absolute Gasteiger partial charge is 0.369 e. The zero-order chi connectivity index (χ0) is 13.5. The Hall–Kier alpha value is -2.17. The van der Waals surface area contributed by atoms with E-state index in [9.17, 15) is 0 Å². The number of nitrogens with zero attached hydrogens (tertiary/aromatic N) is 3. The van der Waals surface area contributed by atoms with Crippen LogP contribution in [-0.4, -0.2) is 28.0 Å². The maximum atomic E-state index is 4.44. The van der Waals surface area contributed by atoms with Crippen molar-refractivity contribution in [3.63, 3.8) is 0 Å². The Labute approximate surface area is 113 Å². The highest BCUT2D eigenvalue weighted by Gasteiger charge is 2.02. The predicted octanol–water partition coefficient (Wildman–Crippen LogP) is 2.27. The van der Waals surface area contributed by atoms with Gasteiger partial charge in [-0.1, -0.05) is 6.07 Å². The second-order valence-corrected chi connectivity index (χ2v) is 4.29. The summed E-state index contributed by atoms with van der Waals surface area (Å²) in [5.74, 6) is 1.55. The van der Waals surface area contributed by atoms with Crippen molar-refractivity contribution >= 4 is 11.8 Å². The molecule has 0 aliphatic heterocycles. The number of nitrogens with one attached hydrogen (secondary N) is 2. The Morgan fingerprint density at radius 1 is 1.21 bits per heavy atom. The molecule has 0 saturated heterocycles. The lowest BCUT2D eigenvalue weighted by Crippen LogP contribution is -2.10. The molecule has 0 aromatic carbocycles. The van der Waals surface area contributed by atoms with Gasteiger partial charge in [-0.3, -0.25) is 4.98 Å². The molecule has 0 aliphatic carbocycles. The first kappa shape index (κ1) is 13.3. The van der Waals surface area contributed by atoms with E-state index >= 15 is 0 Å². The monoisotopic (exact) mass is 257 g/mol. The lowest BCUT2D eigenvalue weighted by Gasteiger charge is -2.10. The smallest absolute Gasteiger partial charge is 0.224 e. The minimum Gasteiger partial charge on any atom is -0.369 e. The molecule has 0 radical (unpaired) electrons. The summed E-state index contributed by atoms with van der Waals surface area (Å²) >= 11 is 0. The van der Waals surface area contributed by atoms with E-state index in [2.05, 4.69) is 31.7 Å². The maximum absolute atomic E-state index is 4.44. The fourth-order valence-electron chi connectivity index (χ4n) is 1.74. The van der Waals surface area contributed by atoms with Crippen molar-refractivity contribution in [3.05, 3.63) is 41.9 Å². The van der Waals surface area contributed by atoms with Crippen LogP contribution in [0.1, 0.15) is 18.1 Å². The third-order valence-electron chi connectivity index (χ3n) is 2.74. The van der Waals surface area contributed by atoms with E-state index in [0.29, 0.717) is 5.95 Å². The second kappa shape index (κ2) is 6.68. The number of rotatable bonds is 6. The molecule has 0 fully saturated rings. The lowest BCUT2D eigenvalue weighted by atomic mass is 10.2. The van der Waals surface area contributed by atoms with Gasteiger partial charge in [0.05, 0.1) is 0 Å². The lowest BCUT2D eigenvalue weighted by molar-refractivity contribution is 0.978. The first-order valence-electron chi connectivity index (χ1n) is 6.50. The van der Waals surface area contributed by atoms with Crippen LogP contribution in [0.5, 0.6) is 0 Å². The fraction of sp³-hybridized carbons (Fsp3) is 0.357. The van der Waals surface area contributed by atoms with Gasteiger partial charge in [-0.15, -0.1) is 0 Å². The molecule has 2 heterocycles. The molecular weight excluding hydrogens is 238 g/mol. The molecule has 2 N–H and O–H groups in total. The van der Waals surface area contributed by atoms with Crippen LogP contribution >= 0.6 is 0 Å². The van der Waals surface area contributed by atoms with Crippen molar-refractivity contribution in [2.75, 3.05) is 23.7 Å². The number of anilines is 2. The second-order valence-electron chi connectivity index (χ2n) is 4.29. The van der Waals surface area contributed by atoms with Crippen LogP contribution in [0, 0.1) is 6.92 Å². The van der Waals surface area contributed by atoms with E-state index < -0.39 is 0 Å². The highest BCUT2D eigenvalue weighted by Crippen LogP contribution is 2.12. The van der Waals surface area contributed by atoms with Crippen molar-refractivity contribution in [2.45, 2.75) is 20.3 Å². The molecule has 2 rings (SSSR count). The van der Waals surface area contributed by atoms with E-state index in [1.54, 1.807) is 6.20 Å². The van der Waals surface area contributed by atoms with Gasteiger partial charge in [-0.25, -0.2) is 4.98 Å². The van der Waals surface area contributed by atoms with Gasteiger partial charge in [0, 0.05) is 37.2 Å². The van der Waals surface area contributed by atoms with Crippen LogP contribution in [0.15, 0.2) is 30.7 Å². The van der Waals surface area contributed by atoms with Crippen molar-refractivity contribution < 1.29 is 0 Å². The minimum atomic E-state index is 0.664. The maximum Gasteiger partial charge on any atom is 0.224 e. The molecule has 5 nitrogen and oxygen atoms in total. The Morgan fingerprint density at radius 3 is 2.84 bits per heavy atom. The molecule has 5 heteroatoms. The van der Waals surface area contributed by atoms with E-state index in [1.807, 2.05) is 32.3 Å². The zero-order valence-electron chi connectivity index (χ0n) is 11.3. The fourth-order valence-corrected chi connectivity index (χ4v) is 1.74. The topological polar surface area (TPSA) is 62.7 Å². The average molecular weight is 257 g/mol. The Bertz CT molecular complexity index is 512. The van der Waals surface area contributed by atoms with E-state index in [0.717, 1.165) is 30.9 Å². The predicted molar refractivity (Wildman–Crippen MR) is 77.4 cm³/mol. The minimum absolute atomic E-state index is 0.664. The zero-order valence-corrected chi connectivity index (χ0v) is 11.3. The van der Waals surface area contributed by atoms with Crippen LogP contribution in [0.2, 0.25) is 0 Å². The highest BCUT2D eigenvalue weighted by atomic mass is 15.1. The van der Waals surface area contributed by atoms with Gasteiger partial charge in [-0.2, -0.15) is 4.98 Å². The molecule has 0 saturated carbocycles. The summed E-state index contributed by atoms with van der Waals surface area (Å²) in [5.41, 5.74) is 2.27. The van der Waals surface area contributed by atoms with E-state index in [-0.39, 0.29) is 0 Å². The van der Waals surface area contributed by atoms with Crippen molar-refractivity contribution in [1.29, 1.82) is 0 Å². The number of hydrogen-bond donors (Lipinski definition) is 2. The van der Waals surface area contributed by atoms with Crippen LogP contribution in [0.4, 0.5) is 11.8 Å². The number of hydrogen-bond acceptors (Lipinski definition) is 5. The molecule has 0 atom stereocenters. The number of pyridine rings is 1. The molecule has 0 bridgehead atoms. The van der Waals surface area contributed by atoms with E-state index in [1.165, 1.54) is 5.56 Å². The summed E-state index contributed by atoms with van der Waals surface area (Å²) in [6.45, 7) is 5.67. The molecule has 2 aromatic heterocycles. The van der Waals surface area contributed by atoms with Crippen molar-refractivity contribution in [3.8, 4) is 0 Å². The number of aryl methyl sites for hydroxylation is 1. The molecule has 0 unspecified atom stereocenters. The van der Waals surface area contributed by atoms with Crippen LogP contribution in [0.3, 0.4) is 0 Å². The Kier molecular flexibility index (Phi) is 4.66. The SMILES string of the molecule is CCNc1ncc(C)c(NCCc2cccnc2)n1. The summed E-state index contributed by atoms with van der Waals surface area (Å²) in [6.07, 6.45) is 6.43. The van der Waals surface area contributed by atoms with Gasteiger partial charge in [0.25, 0.3) is 0 Å². The molecule has 0 amide bonds. The third-order valence-corrected chi connectivity index (χ3v) is 2.74. The molecule has 0 spiro atoms. The summed E-state index contributed by atoms with van der Waals surface area (Å²) in [7, 11) is 0. The van der Waals surface area contributed by atoms with Gasteiger partial charge in [0.2, 0.25) is 5.95 Å². The van der Waals surface area contributed by atoms with Gasteiger partial charge in [0.1, 0.15) is 5.82 Å². The third kappa shape index (κ3) is 3.91. The normalized spacial score (nSPS) is 10.2. The average Bonchev–Trinajstić information content (AvgIpc) is 2.44. The van der Waals surface area contributed by atoms with Gasteiger partial charge in [-0.05, 0) is 31.9 Å². The molecule has 0 aliphatic rings. The molecule has 2 aromatic rings. The van der Waals surface area contributed by atoms with Gasteiger partial charge < -0.3 is 10.6 Å². The summed E-state index contributed by atoms with van der Waals surface area (Å²) < 4.78 is 0. The molecule has 19 heavy (non-hydrogen) atoms.